The first-order valence-electron chi connectivity index (χ1n) is 10.1. The van der Waals surface area contributed by atoms with Gasteiger partial charge in [-0.15, -0.1) is 11.3 Å². The number of nitrogens with one attached hydrogen (secondary N) is 1. The van der Waals surface area contributed by atoms with Gasteiger partial charge in [0, 0.05) is 17.5 Å². The molecule has 0 atom stereocenters. The molecule has 0 saturated heterocycles. The minimum atomic E-state index is -0.801. The van der Waals surface area contributed by atoms with E-state index in [0.717, 1.165) is 42.7 Å². The van der Waals surface area contributed by atoms with Crippen LogP contribution in [0, 0.1) is 5.41 Å². The van der Waals surface area contributed by atoms with Crippen LogP contribution in [0.25, 0.3) is 10.6 Å². The van der Waals surface area contributed by atoms with Gasteiger partial charge >= 0.3 is 5.97 Å². The molecule has 0 radical (unpaired) electrons. The number of carbonyl (C=O) groups is 2. The Kier molecular flexibility index (Phi) is 7.31. The summed E-state index contributed by atoms with van der Waals surface area (Å²) < 4.78 is 10.6. The van der Waals surface area contributed by atoms with Gasteiger partial charge in [-0.3, -0.25) is 9.59 Å². The molecule has 0 unspecified atom stereocenters. The number of aromatic nitrogens is 1. The molecule has 1 aliphatic rings. The van der Waals surface area contributed by atoms with E-state index in [4.69, 9.17) is 9.47 Å². The van der Waals surface area contributed by atoms with Crippen molar-refractivity contribution < 1.29 is 24.2 Å². The molecule has 1 aromatic heterocycles. The van der Waals surface area contributed by atoms with Crippen molar-refractivity contribution in [1.82, 2.24) is 10.3 Å². The molecule has 0 spiro atoms. The van der Waals surface area contributed by atoms with E-state index in [1.54, 1.807) is 14.2 Å². The second kappa shape index (κ2) is 9.93. The number of carbonyl (C=O) groups excluding carboxylic acids is 1. The Balaban J connectivity index is 1.61. The molecule has 3 rings (SSSR count). The Hall–Kier alpha value is -2.61. The molecule has 8 heteroatoms. The number of hydrogen-bond acceptors (Lipinski definition) is 6. The molecule has 1 heterocycles. The second-order valence-electron chi connectivity index (χ2n) is 7.80. The normalized spacial score (nSPS) is 15.4. The van der Waals surface area contributed by atoms with Crippen LogP contribution in [-0.4, -0.2) is 42.7 Å². The molecule has 7 nitrogen and oxygen atoms in total. The molecule has 0 aliphatic heterocycles. The van der Waals surface area contributed by atoms with Gasteiger partial charge in [0.2, 0.25) is 5.91 Å². The fraction of sp³-hybridized carbons (Fsp3) is 0.500. The van der Waals surface area contributed by atoms with Crippen LogP contribution in [-0.2, 0) is 16.0 Å². The SMILES string of the molecule is COc1ccc(-c2nc(CC(=O)NCC3(CC(=O)O)CCCCC3)cs2)cc1OC. The topological polar surface area (TPSA) is 97.8 Å². The number of methoxy groups -OCH3 is 2. The van der Waals surface area contributed by atoms with E-state index in [2.05, 4.69) is 10.3 Å². The molecule has 2 aromatic rings. The van der Waals surface area contributed by atoms with Crippen molar-refractivity contribution in [3.05, 3.63) is 29.3 Å². The average molecular weight is 433 g/mol. The van der Waals surface area contributed by atoms with Crippen LogP contribution in [0.15, 0.2) is 23.6 Å². The average Bonchev–Trinajstić information content (AvgIpc) is 3.20. The summed E-state index contributed by atoms with van der Waals surface area (Å²) in [5.74, 6) is 0.343. The van der Waals surface area contributed by atoms with E-state index in [-0.39, 0.29) is 24.2 Å². The van der Waals surface area contributed by atoms with Crippen molar-refractivity contribution >= 4 is 23.2 Å². The van der Waals surface area contributed by atoms with Crippen LogP contribution in [0.1, 0.15) is 44.2 Å². The summed E-state index contributed by atoms with van der Waals surface area (Å²) in [5.41, 5.74) is 1.26. The van der Waals surface area contributed by atoms with E-state index in [1.165, 1.54) is 11.3 Å². The van der Waals surface area contributed by atoms with Crippen LogP contribution < -0.4 is 14.8 Å². The highest BCUT2D eigenvalue weighted by Gasteiger charge is 2.34. The number of carboxylic acid groups (broad SMARTS) is 1. The van der Waals surface area contributed by atoms with Crippen molar-refractivity contribution in [1.29, 1.82) is 0 Å². The van der Waals surface area contributed by atoms with Crippen molar-refractivity contribution in [3.8, 4) is 22.1 Å². The monoisotopic (exact) mass is 432 g/mol. The molecule has 1 fully saturated rings. The smallest absolute Gasteiger partial charge is 0.303 e. The van der Waals surface area contributed by atoms with E-state index < -0.39 is 5.97 Å². The van der Waals surface area contributed by atoms with Crippen molar-refractivity contribution in [2.75, 3.05) is 20.8 Å². The van der Waals surface area contributed by atoms with Crippen molar-refractivity contribution in [2.24, 2.45) is 5.41 Å². The third-order valence-electron chi connectivity index (χ3n) is 5.62. The first kappa shape index (κ1) is 22.1. The molecular weight excluding hydrogens is 404 g/mol. The van der Waals surface area contributed by atoms with Gasteiger partial charge in [-0.05, 0) is 36.5 Å². The highest BCUT2D eigenvalue weighted by atomic mass is 32.1. The number of amides is 1. The predicted molar refractivity (Wildman–Crippen MR) is 115 cm³/mol. The van der Waals surface area contributed by atoms with Crippen molar-refractivity contribution in [3.63, 3.8) is 0 Å². The van der Waals surface area contributed by atoms with Crippen LogP contribution >= 0.6 is 11.3 Å². The lowest BCUT2D eigenvalue weighted by Gasteiger charge is -2.36. The maximum Gasteiger partial charge on any atom is 0.303 e. The third-order valence-corrected chi connectivity index (χ3v) is 6.57. The van der Waals surface area contributed by atoms with E-state index in [9.17, 15) is 14.7 Å². The van der Waals surface area contributed by atoms with Gasteiger partial charge in [0.25, 0.3) is 0 Å². The molecule has 30 heavy (non-hydrogen) atoms. The summed E-state index contributed by atoms with van der Waals surface area (Å²) in [6.07, 6.45) is 5.14. The number of ether oxygens (including phenoxy) is 2. The number of aliphatic carboxylic acids is 1. The number of carboxylic acids is 1. The molecule has 162 valence electrons. The second-order valence-corrected chi connectivity index (χ2v) is 8.66. The highest BCUT2D eigenvalue weighted by Crippen LogP contribution is 2.39. The summed E-state index contributed by atoms with van der Waals surface area (Å²) in [5, 5.41) is 14.9. The van der Waals surface area contributed by atoms with Gasteiger partial charge in [-0.1, -0.05) is 19.3 Å². The lowest BCUT2D eigenvalue weighted by atomic mass is 9.71. The quantitative estimate of drug-likeness (QED) is 0.623. The Bertz CT molecular complexity index is 889. The zero-order valence-corrected chi connectivity index (χ0v) is 18.2. The summed E-state index contributed by atoms with van der Waals surface area (Å²) >= 11 is 1.47. The Morgan fingerprint density at radius 3 is 2.57 bits per heavy atom. The van der Waals surface area contributed by atoms with Gasteiger partial charge in [0.15, 0.2) is 11.5 Å². The zero-order chi connectivity index (χ0) is 21.6. The Morgan fingerprint density at radius 1 is 1.17 bits per heavy atom. The fourth-order valence-electron chi connectivity index (χ4n) is 4.04. The Labute approximate surface area is 180 Å². The highest BCUT2D eigenvalue weighted by molar-refractivity contribution is 7.13. The largest absolute Gasteiger partial charge is 0.493 e. The molecule has 1 amide bonds. The van der Waals surface area contributed by atoms with E-state index in [1.807, 2.05) is 23.6 Å². The molecule has 1 saturated carbocycles. The minimum absolute atomic E-state index is 0.105. The lowest BCUT2D eigenvalue weighted by molar-refractivity contribution is -0.140. The maximum atomic E-state index is 12.5. The Morgan fingerprint density at radius 2 is 1.90 bits per heavy atom. The first-order chi connectivity index (χ1) is 14.4. The summed E-state index contributed by atoms with van der Waals surface area (Å²) in [7, 11) is 3.17. The molecule has 1 aliphatic carbocycles. The number of thiazole rings is 1. The summed E-state index contributed by atoms with van der Waals surface area (Å²) in [4.78, 5) is 28.4. The van der Waals surface area contributed by atoms with Crippen molar-refractivity contribution in [2.45, 2.75) is 44.9 Å². The van der Waals surface area contributed by atoms with Gasteiger partial charge in [0.05, 0.1) is 32.8 Å². The third kappa shape index (κ3) is 5.50. The number of hydrogen-bond donors (Lipinski definition) is 2. The van der Waals surface area contributed by atoms with Gasteiger partial charge in [-0.25, -0.2) is 4.98 Å². The van der Waals surface area contributed by atoms with Gasteiger partial charge in [-0.2, -0.15) is 0 Å². The minimum Gasteiger partial charge on any atom is -0.493 e. The predicted octanol–water partition coefficient (Wildman–Crippen LogP) is 3.91. The summed E-state index contributed by atoms with van der Waals surface area (Å²) in [6.45, 7) is 0.408. The van der Waals surface area contributed by atoms with Crippen LogP contribution in [0.2, 0.25) is 0 Å². The number of benzene rings is 1. The number of rotatable bonds is 9. The molecule has 1 aromatic carbocycles. The van der Waals surface area contributed by atoms with E-state index >= 15 is 0 Å². The maximum absolute atomic E-state index is 12.5. The van der Waals surface area contributed by atoms with Crippen LogP contribution in [0.4, 0.5) is 0 Å². The zero-order valence-electron chi connectivity index (χ0n) is 17.4. The molecule has 2 N–H and O–H groups in total. The first-order valence-corrected chi connectivity index (χ1v) is 11.0. The van der Waals surface area contributed by atoms with Crippen LogP contribution in [0.5, 0.6) is 11.5 Å². The lowest BCUT2D eigenvalue weighted by Crippen LogP contribution is -2.41. The molecule has 0 bridgehead atoms. The standard InChI is InChI=1S/C22H28N2O5S/c1-28-17-7-6-15(10-18(17)29-2)21-24-16(13-30-21)11-19(25)23-14-22(12-20(26)27)8-4-3-5-9-22/h6-7,10,13H,3-5,8-9,11-12,14H2,1-2H3,(H,23,25)(H,26,27). The molecular formula is C22H28N2O5S. The van der Waals surface area contributed by atoms with Crippen LogP contribution in [0.3, 0.4) is 0 Å². The van der Waals surface area contributed by atoms with E-state index in [0.29, 0.717) is 23.7 Å². The number of nitrogens with zero attached hydrogens (tertiary/aromatic N) is 1. The van der Waals surface area contributed by atoms with Gasteiger partial charge < -0.3 is 19.9 Å². The summed E-state index contributed by atoms with van der Waals surface area (Å²) in [6, 6.07) is 5.59. The fourth-order valence-corrected chi connectivity index (χ4v) is 4.86. The van der Waals surface area contributed by atoms with Gasteiger partial charge in [0.1, 0.15) is 5.01 Å².